The van der Waals surface area contributed by atoms with Gasteiger partial charge in [0.2, 0.25) is 5.13 Å². The van der Waals surface area contributed by atoms with Crippen molar-refractivity contribution >= 4 is 28.6 Å². The maximum absolute atomic E-state index is 11.6. The van der Waals surface area contributed by atoms with Gasteiger partial charge in [-0.2, -0.15) is 5.10 Å². The van der Waals surface area contributed by atoms with Gasteiger partial charge in [0.15, 0.2) is 0 Å². The SMILES string of the molecule is CNC(=O)c1sc(N/N=C\c2ccc(OC)cc2)nc1C. The summed E-state index contributed by atoms with van der Waals surface area (Å²) in [4.78, 5) is 16.4. The van der Waals surface area contributed by atoms with Crippen molar-refractivity contribution in [1.82, 2.24) is 10.3 Å². The number of ether oxygens (including phenoxy) is 1. The molecule has 2 rings (SSSR count). The lowest BCUT2D eigenvalue weighted by Crippen LogP contribution is -2.17. The van der Waals surface area contributed by atoms with Crippen molar-refractivity contribution in [3.05, 3.63) is 40.4 Å². The zero-order chi connectivity index (χ0) is 15.2. The molecule has 0 bridgehead atoms. The van der Waals surface area contributed by atoms with E-state index in [0.29, 0.717) is 15.7 Å². The van der Waals surface area contributed by atoms with Gasteiger partial charge in [0.25, 0.3) is 5.91 Å². The molecule has 0 aliphatic carbocycles. The molecule has 0 radical (unpaired) electrons. The first-order valence-corrected chi connectivity index (χ1v) is 7.08. The molecule has 0 saturated heterocycles. The number of nitrogens with zero attached hydrogens (tertiary/aromatic N) is 2. The Morgan fingerprint density at radius 2 is 2.10 bits per heavy atom. The number of aryl methyl sites for hydroxylation is 1. The molecule has 1 heterocycles. The minimum Gasteiger partial charge on any atom is -0.497 e. The number of methoxy groups -OCH3 is 1. The van der Waals surface area contributed by atoms with Crippen LogP contribution in [0.1, 0.15) is 20.9 Å². The molecular formula is C14H16N4O2S. The van der Waals surface area contributed by atoms with E-state index in [1.807, 2.05) is 24.3 Å². The second-order valence-corrected chi connectivity index (χ2v) is 5.15. The van der Waals surface area contributed by atoms with E-state index < -0.39 is 0 Å². The molecule has 0 atom stereocenters. The summed E-state index contributed by atoms with van der Waals surface area (Å²) in [5.74, 6) is 0.656. The van der Waals surface area contributed by atoms with Crippen molar-refractivity contribution in [2.24, 2.45) is 5.10 Å². The summed E-state index contributed by atoms with van der Waals surface area (Å²) < 4.78 is 5.09. The Kier molecular flexibility index (Phi) is 4.89. The number of anilines is 1. The zero-order valence-corrected chi connectivity index (χ0v) is 12.8. The second kappa shape index (κ2) is 6.85. The predicted molar refractivity (Wildman–Crippen MR) is 84.5 cm³/mol. The van der Waals surface area contributed by atoms with Crippen LogP contribution in [0.5, 0.6) is 5.75 Å². The first-order valence-electron chi connectivity index (χ1n) is 6.26. The van der Waals surface area contributed by atoms with Crippen LogP contribution >= 0.6 is 11.3 Å². The van der Waals surface area contributed by atoms with Gasteiger partial charge in [-0.15, -0.1) is 0 Å². The fraction of sp³-hybridized carbons (Fsp3) is 0.214. The van der Waals surface area contributed by atoms with Crippen LogP contribution in [-0.4, -0.2) is 31.3 Å². The van der Waals surface area contributed by atoms with Crippen LogP contribution in [0, 0.1) is 6.92 Å². The summed E-state index contributed by atoms with van der Waals surface area (Å²) in [5.41, 5.74) is 4.44. The molecule has 0 spiro atoms. The molecule has 0 aliphatic heterocycles. The highest BCUT2D eigenvalue weighted by atomic mass is 32.1. The number of aromatic nitrogens is 1. The quantitative estimate of drug-likeness (QED) is 0.656. The Morgan fingerprint density at radius 1 is 1.38 bits per heavy atom. The largest absolute Gasteiger partial charge is 0.497 e. The molecule has 0 unspecified atom stereocenters. The molecule has 21 heavy (non-hydrogen) atoms. The molecule has 0 aliphatic rings. The molecule has 1 aromatic carbocycles. The normalized spacial score (nSPS) is 10.6. The Bertz CT molecular complexity index is 649. The van der Waals surface area contributed by atoms with Crippen molar-refractivity contribution < 1.29 is 9.53 Å². The highest BCUT2D eigenvalue weighted by Gasteiger charge is 2.13. The molecular weight excluding hydrogens is 288 g/mol. The minimum atomic E-state index is -0.141. The molecule has 110 valence electrons. The Hall–Kier alpha value is -2.41. The minimum absolute atomic E-state index is 0.141. The van der Waals surface area contributed by atoms with E-state index in [1.165, 1.54) is 11.3 Å². The van der Waals surface area contributed by atoms with E-state index >= 15 is 0 Å². The number of nitrogens with one attached hydrogen (secondary N) is 2. The number of hydrogen-bond acceptors (Lipinski definition) is 6. The van der Waals surface area contributed by atoms with Gasteiger partial charge in [0.1, 0.15) is 10.6 Å². The predicted octanol–water partition coefficient (Wildman–Crippen LogP) is 2.27. The Labute approximate surface area is 126 Å². The first kappa shape index (κ1) is 15.0. The number of carbonyl (C=O) groups is 1. The lowest BCUT2D eigenvalue weighted by molar-refractivity contribution is 0.0966. The molecule has 1 amide bonds. The maximum Gasteiger partial charge on any atom is 0.263 e. The average molecular weight is 304 g/mol. The second-order valence-electron chi connectivity index (χ2n) is 4.16. The number of hydrazone groups is 1. The van der Waals surface area contributed by atoms with E-state index in [-0.39, 0.29) is 5.91 Å². The number of amides is 1. The van der Waals surface area contributed by atoms with Gasteiger partial charge in [0, 0.05) is 7.05 Å². The third kappa shape index (κ3) is 3.79. The van der Waals surface area contributed by atoms with Crippen LogP contribution in [0.3, 0.4) is 0 Å². The third-order valence-corrected chi connectivity index (χ3v) is 3.78. The van der Waals surface area contributed by atoms with Crippen molar-refractivity contribution in [1.29, 1.82) is 0 Å². The van der Waals surface area contributed by atoms with Gasteiger partial charge >= 0.3 is 0 Å². The van der Waals surface area contributed by atoms with Crippen LogP contribution in [0.2, 0.25) is 0 Å². The van der Waals surface area contributed by atoms with Crippen LogP contribution in [0.25, 0.3) is 0 Å². The number of thiazole rings is 1. The lowest BCUT2D eigenvalue weighted by Gasteiger charge is -1.98. The molecule has 1 aromatic heterocycles. The lowest BCUT2D eigenvalue weighted by atomic mass is 10.2. The smallest absolute Gasteiger partial charge is 0.263 e. The van der Waals surface area contributed by atoms with E-state index in [4.69, 9.17) is 4.74 Å². The van der Waals surface area contributed by atoms with Gasteiger partial charge < -0.3 is 10.1 Å². The van der Waals surface area contributed by atoms with E-state index in [2.05, 4.69) is 20.8 Å². The first-order chi connectivity index (χ1) is 10.1. The Morgan fingerprint density at radius 3 is 2.71 bits per heavy atom. The van der Waals surface area contributed by atoms with E-state index in [9.17, 15) is 4.79 Å². The molecule has 2 aromatic rings. The number of hydrogen-bond donors (Lipinski definition) is 2. The highest BCUT2D eigenvalue weighted by molar-refractivity contribution is 7.17. The topological polar surface area (TPSA) is 75.6 Å². The maximum atomic E-state index is 11.6. The van der Waals surface area contributed by atoms with Gasteiger partial charge in [0.05, 0.1) is 19.0 Å². The fourth-order valence-electron chi connectivity index (χ4n) is 1.62. The number of benzene rings is 1. The fourth-order valence-corrected chi connectivity index (χ4v) is 2.48. The van der Waals surface area contributed by atoms with E-state index in [1.54, 1.807) is 27.3 Å². The molecule has 0 fully saturated rings. The molecule has 7 heteroatoms. The summed E-state index contributed by atoms with van der Waals surface area (Å²) in [6, 6.07) is 7.51. The summed E-state index contributed by atoms with van der Waals surface area (Å²) in [5, 5.41) is 7.27. The number of carbonyl (C=O) groups excluding carboxylic acids is 1. The summed E-state index contributed by atoms with van der Waals surface area (Å²) in [6.45, 7) is 1.79. The summed E-state index contributed by atoms with van der Waals surface area (Å²) >= 11 is 1.27. The third-order valence-electron chi connectivity index (χ3n) is 2.72. The molecule has 2 N–H and O–H groups in total. The van der Waals surface area contributed by atoms with Crippen molar-refractivity contribution in [3.8, 4) is 5.75 Å². The van der Waals surface area contributed by atoms with Gasteiger partial charge in [-0.1, -0.05) is 11.3 Å². The van der Waals surface area contributed by atoms with Crippen LogP contribution < -0.4 is 15.5 Å². The van der Waals surface area contributed by atoms with Crippen molar-refractivity contribution in [2.45, 2.75) is 6.92 Å². The van der Waals surface area contributed by atoms with Crippen LogP contribution in [0.4, 0.5) is 5.13 Å². The van der Waals surface area contributed by atoms with Crippen LogP contribution in [0.15, 0.2) is 29.4 Å². The number of rotatable bonds is 5. The van der Waals surface area contributed by atoms with Crippen molar-refractivity contribution in [3.63, 3.8) is 0 Å². The summed E-state index contributed by atoms with van der Waals surface area (Å²) in [6.07, 6.45) is 1.68. The average Bonchev–Trinajstić information content (AvgIpc) is 2.88. The van der Waals surface area contributed by atoms with E-state index in [0.717, 1.165) is 11.3 Å². The van der Waals surface area contributed by atoms with Crippen LogP contribution in [-0.2, 0) is 0 Å². The monoisotopic (exact) mass is 304 g/mol. The van der Waals surface area contributed by atoms with Gasteiger partial charge in [-0.05, 0) is 36.8 Å². The zero-order valence-electron chi connectivity index (χ0n) is 12.0. The van der Waals surface area contributed by atoms with Crippen molar-refractivity contribution in [2.75, 3.05) is 19.6 Å². The molecule has 6 nitrogen and oxygen atoms in total. The standard InChI is InChI=1S/C14H16N4O2S/c1-9-12(13(19)15-2)21-14(17-9)18-16-8-10-4-6-11(20-3)7-5-10/h4-8H,1-3H3,(H,15,19)(H,17,18)/b16-8-. The van der Waals surface area contributed by atoms with Gasteiger partial charge in [-0.3, -0.25) is 10.2 Å². The molecule has 0 saturated carbocycles. The summed E-state index contributed by atoms with van der Waals surface area (Å²) in [7, 11) is 3.22. The van der Waals surface area contributed by atoms with Gasteiger partial charge in [-0.25, -0.2) is 4.98 Å². The highest BCUT2D eigenvalue weighted by Crippen LogP contribution is 2.22. The Balaban J connectivity index is 2.02.